The fourth-order valence-electron chi connectivity index (χ4n) is 6.15. The second kappa shape index (κ2) is 12.1. The number of anilines is 1. The predicted molar refractivity (Wildman–Crippen MR) is 145 cm³/mol. The summed E-state index contributed by atoms with van der Waals surface area (Å²) in [5.74, 6) is 0.0393. The quantitative estimate of drug-likeness (QED) is 0.472. The maximum absolute atomic E-state index is 13.3. The van der Waals surface area contributed by atoms with Crippen molar-refractivity contribution in [3.8, 4) is 0 Å². The summed E-state index contributed by atoms with van der Waals surface area (Å²) in [5, 5.41) is 16.1. The number of nitrogens with zero attached hydrogens (tertiary/aromatic N) is 2. The molecular formula is C30H40N4O3. The number of benzene rings is 1. The maximum atomic E-state index is 13.3. The van der Waals surface area contributed by atoms with Crippen molar-refractivity contribution in [3.63, 3.8) is 0 Å². The van der Waals surface area contributed by atoms with Crippen molar-refractivity contribution in [2.75, 3.05) is 31.5 Å². The molecular weight excluding hydrogens is 464 g/mol. The Hall–Kier alpha value is -2.93. The second-order valence-electron chi connectivity index (χ2n) is 11.0. The van der Waals surface area contributed by atoms with E-state index in [0.717, 1.165) is 88.2 Å². The van der Waals surface area contributed by atoms with E-state index in [-0.39, 0.29) is 18.2 Å². The summed E-state index contributed by atoms with van der Waals surface area (Å²) in [6.07, 6.45) is 10.5. The molecule has 1 saturated heterocycles. The number of carbonyl (C=O) groups is 2. The van der Waals surface area contributed by atoms with E-state index in [1.165, 1.54) is 36.0 Å². The molecule has 1 aromatic carbocycles. The Morgan fingerprint density at radius 3 is 2.73 bits per heavy atom. The van der Waals surface area contributed by atoms with E-state index < -0.39 is 12.0 Å². The fourth-order valence-corrected chi connectivity index (χ4v) is 6.15. The summed E-state index contributed by atoms with van der Waals surface area (Å²) in [6.45, 7) is 3.68. The van der Waals surface area contributed by atoms with Gasteiger partial charge in [-0.2, -0.15) is 0 Å². The van der Waals surface area contributed by atoms with E-state index in [1.807, 2.05) is 6.07 Å². The van der Waals surface area contributed by atoms with Crippen LogP contribution in [0.2, 0.25) is 0 Å². The number of hydrogen-bond donors (Lipinski definition) is 3. The molecule has 0 bridgehead atoms. The summed E-state index contributed by atoms with van der Waals surface area (Å²) >= 11 is 0. The number of carbonyl (C=O) groups excluding carboxylic acids is 1. The second-order valence-corrected chi connectivity index (χ2v) is 11.0. The zero-order chi connectivity index (χ0) is 25.6. The Kier molecular flexibility index (Phi) is 8.39. The number of fused-ring (bicyclic) bond motifs is 2. The summed E-state index contributed by atoms with van der Waals surface area (Å²) in [4.78, 5) is 32.1. The third-order valence-corrected chi connectivity index (χ3v) is 8.21. The van der Waals surface area contributed by atoms with Gasteiger partial charge in [-0.3, -0.25) is 9.59 Å². The van der Waals surface area contributed by atoms with Crippen molar-refractivity contribution in [3.05, 3.63) is 58.3 Å². The van der Waals surface area contributed by atoms with Gasteiger partial charge in [0.25, 0.3) is 0 Å². The molecule has 1 aliphatic carbocycles. The van der Waals surface area contributed by atoms with Crippen LogP contribution in [-0.4, -0.2) is 53.0 Å². The number of likely N-dealkylation sites (tertiary alicyclic amines) is 1. The molecule has 1 aromatic heterocycles. The van der Waals surface area contributed by atoms with Gasteiger partial charge >= 0.3 is 5.97 Å². The molecule has 5 rings (SSSR count). The highest BCUT2D eigenvalue weighted by molar-refractivity contribution is 5.80. The third kappa shape index (κ3) is 6.69. The molecule has 3 N–H and O–H groups in total. The first-order valence-electron chi connectivity index (χ1n) is 14.1. The topological polar surface area (TPSA) is 94.6 Å². The first-order valence-corrected chi connectivity index (χ1v) is 14.1. The molecule has 3 aliphatic rings. The van der Waals surface area contributed by atoms with Crippen molar-refractivity contribution < 1.29 is 14.7 Å². The van der Waals surface area contributed by atoms with Crippen LogP contribution in [0.25, 0.3) is 0 Å². The molecule has 0 spiro atoms. The van der Waals surface area contributed by atoms with E-state index in [2.05, 4.69) is 39.8 Å². The Balaban J connectivity index is 1.15. The number of amides is 1. The number of aryl methyl sites for hydroxylation is 4. The van der Waals surface area contributed by atoms with Crippen molar-refractivity contribution in [1.29, 1.82) is 0 Å². The van der Waals surface area contributed by atoms with Crippen LogP contribution in [0.4, 0.5) is 5.82 Å². The summed E-state index contributed by atoms with van der Waals surface area (Å²) in [5.41, 5.74) is 6.02. The van der Waals surface area contributed by atoms with E-state index in [0.29, 0.717) is 0 Å². The van der Waals surface area contributed by atoms with Crippen LogP contribution in [0, 0.1) is 5.92 Å². The smallest absolute Gasteiger partial charge is 0.305 e. The Morgan fingerprint density at radius 1 is 1.05 bits per heavy atom. The number of aromatic nitrogens is 1. The molecule has 1 fully saturated rings. The highest BCUT2D eigenvalue weighted by Gasteiger charge is 2.28. The number of aliphatic carboxylic acids is 1. The highest BCUT2D eigenvalue weighted by Crippen LogP contribution is 2.27. The normalized spacial score (nSPS) is 20.3. The standard InChI is InChI=1S/C30H40N4O3/c35-28(36)19-27(24-12-11-21-6-1-2-7-23(21)18-24)33-30(37)25-9-4-16-34(20-25)17-5-10-26-14-13-22-8-3-15-31-29(22)32-26/h11-14,18,25,27H,1-10,15-17,19-20H2,(H,31,32)(H,33,37)(H,35,36)/t25-,27?/m1/s1. The number of hydrogen-bond acceptors (Lipinski definition) is 5. The summed E-state index contributed by atoms with van der Waals surface area (Å²) < 4.78 is 0. The van der Waals surface area contributed by atoms with E-state index >= 15 is 0 Å². The average molecular weight is 505 g/mol. The van der Waals surface area contributed by atoms with Gasteiger partial charge in [0.15, 0.2) is 0 Å². The minimum atomic E-state index is -0.890. The number of rotatable bonds is 9. The summed E-state index contributed by atoms with van der Waals surface area (Å²) in [7, 11) is 0. The minimum absolute atomic E-state index is 0.0175. The lowest BCUT2D eigenvalue weighted by Gasteiger charge is -2.33. The molecule has 0 radical (unpaired) electrons. The molecule has 1 unspecified atom stereocenters. The first-order chi connectivity index (χ1) is 18.0. The van der Waals surface area contributed by atoms with Crippen LogP contribution < -0.4 is 10.6 Å². The van der Waals surface area contributed by atoms with Gasteiger partial charge in [-0.1, -0.05) is 24.3 Å². The lowest BCUT2D eigenvalue weighted by molar-refractivity contribution is -0.138. The van der Waals surface area contributed by atoms with Crippen molar-refractivity contribution in [2.24, 2.45) is 5.92 Å². The lowest BCUT2D eigenvalue weighted by atomic mass is 9.88. The monoisotopic (exact) mass is 504 g/mol. The van der Waals surface area contributed by atoms with E-state index in [4.69, 9.17) is 4.98 Å². The maximum Gasteiger partial charge on any atom is 0.305 e. The van der Waals surface area contributed by atoms with Gasteiger partial charge in [-0.05, 0) is 106 Å². The minimum Gasteiger partial charge on any atom is -0.481 e. The zero-order valence-corrected chi connectivity index (χ0v) is 21.8. The van der Waals surface area contributed by atoms with E-state index in [9.17, 15) is 14.7 Å². The average Bonchev–Trinajstić information content (AvgIpc) is 2.92. The summed E-state index contributed by atoms with van der Waals surface area (Å²) in [6, 6.07) is 10.1. The SMILES string of the molecule is O=C(O)CC(NC(=O)[C@@H]1CCCN(CCCc2ccc3c(n2)NCCC3)C1)c1ccc2c(c1)CCCC2. The van der Waals surface area contributed by atoms with Crippen LogP contribution in [0.15, 0.2) is 30.3 Å². The molecule has 198 valence electrons. The fraction of sp³-hybridized carbons (Fsp3) is 0.567. The third-order valence-electron chi connectivity index (χ3n) is 8.21. The molecule has 7 heteroatoms. The van der Waals surface area contributed by atoms with Gasteiger partial charge in [0.05, 0.1) is 18.4 Å². The van der Waals surface area contributed by atoms with Gasteiger partial charge in [0.1, 0.15) is 5.82 Å². The van der Waals surface area contributed by atoms with Crippen LogP contribution in [0.5, 0.6) is 0 Å². The first kappa shape index (κ1) is 25.7. The number of carboxylic acids is 1. The Bertz CT molecular complexity index is 1120. The van der Waals surface area contributed by atoms with Gasteiger partial charge in [-0.25, -0.2) is 4.98 Å². The number of pyridine rings is 1. The van der Waals surface area contributed by atoms with Crippen LogP contribution in [0.1, 0.15) is 78.9 Å². The van der Waals surface area contributed by atoms with Crippen molar-refractivity contribution >= 4 is 17.7 Å². The lowest BCUT2D eigenvalue weighted by Crippen LogP contribution is -2.44. The zero-order valence-electron chi connectivity index (χ0n) is 21.8. The van der Waals surface area contributed by atoms with Crippen LogP contribution in [-0.2, 0) is 35.3 Å². The molecule has 0 saturated carbocycles. The molecule has 37 heavy (non-hydrogen) atoms. The Morgan fingerprint density at radius 2 is 1.86 bits per heavy atom. The van der Waals surface area contributed by atoms with Crippen LogP contribution in [0.3, 0.4) is 0 Å². The van der Waals surface area contributed by atoms with Crippen molar-refractivity contribution in [2.45, 2.75) is 76.7 Å². The predicted octanol–water partition coefficient (Wildman–Crippen LogP) is 4.30. The molecule has 3 heterocycles. The van der Waals surface area contributed by atoms with Gasteiger partial charge in [0, 0.05) is 18.8 Å². The van der Waals surface area contributed by atoms with Gasteiger partial charge in [-0.15, -0.1) is 0 Å². The van der Waals surface area contributed by atoms with Gasteiger partial charge < -0.3 is 20.6 Å². The number of carboxylic acid groups (broad SMARTS) is 1. The largest absolute Gasteiger partial charge is 0.481 e. The number of piperidine rings is 1. The highest BCUT2D eigenvalue weighted by atomic mass is 16.4. The molecule has 1 amide bonds. The Labute approximate surface area is 220 Å². The van der Waals surface area contributed by atoms with Gasteiger partial charge in [0.2, 0.25) is 5.91 Å². The molecule has 2 aromatic rings. The van der Waals surface area contributed by atoms with Crippen molar-refractivity contribution in [1.82, 2.24) is 15.2 Å². The van der Waals surface area contributed by atoms with Crippen LogP contribution >= 0.6 is 0 Å². The molecule has 2 atom stereocenters. The number of nitrogens with one attached hydrogen (secondary N) is 2. The molecule has 7 nitrogen and oxygen atoms in total. The van der Waals surface area contributed by atoms with E-state index in [1.54, 1.807) is 0 Å². The molecule has 2 aliphatic heterocycles.